The third kappa shape index (κ3) is 4.29. The largest absolute Gasteiger partial charge is 0.323 e. The van der Waals surface area contributed by atoms with Gasteiger partial charge >= 0.3 is 0 Å². The van der Waals surface area contributed by atoms with Gasteiger partial charge in [0.05, 0.1) is 16.3 Å². The molecule has 1 heterocycles. The fourth-order valence-electron chi connectivity index (χ4n) is 1.66. The number of nitrogens with two attached hydrogens (primary N) is 1. The highest BCUT2D eigenvalue weighted by Gasteiger charge is 2.18. The molecule has 0 aromatic carbocycles. The van der Waals surface area contributed by atoms with Crippen molar-refractivity contribution in [1.82, 2.24) is 9.59 Å². The first-order valence-corrected chi connectivity index (χ1v) is 8.75. The van der Waals surface area contributed by atoms with Gasteiger partial charge in [0.25, 0.3) is 0 Å². The van der Waals surface area contributed by atoms with E-state index in [4.69, 9.17) is 5.73 Å². The number of hydrogen-bond donors (Lipinski definition) is 1. The van der Waals surface area contributed by atoms with Gasteiger partial charge < -0.3 is 5.73 Å². The molecule has 0 bridgehead atoms. The summed E-state index contributed by atoms with van der Waals surface area (Å²) in [4.78, 5) is 0.985. The van der Waals surface area contributed by atoms with E-state index in [9.17, 15) is 8.42 Å². The fraction of sp³-hybridized carbons (Fsp3) is 0.818. The normalized spacial score (nSPS) is 14.1. The van der Waals surface area contributed by atoms with E-state index in [-0.39, 0.29) is 17.5 Å². The van der Waals surface area contributed by atoms with E-state index in [2.05, 4.69) is 23.4 Å². The Bertz CT molecular complexity index is 468. The van der Waals surface area contributed by atoms with Crippen molar-refractivity contribution in [3.05, 3.63) is 10.6 Å². The van der Waals surface area contributed by atoms with Crippen molar-refractivity contribution in [2.45, 2.75) is 45.6 Å². The third-order valence-corrected chi connectivity index (χ3v) is 5.50. The van der Waals surface area contributed by atoms with E-state index < -0.39 is 9.84 Å². The van der Waals surface area contributed by atoms with Gasteiger partial charge in [-0.15, -0.1) is 5.10 Å². The van der Waals surface area contributed by atoms with Gasteiger partial charge in [0.1, 0.15) is 9.84 Å². The SMILES string of the molecule is CCS(=O)(=O)CCCC(N)c1snnc1C(C)C. The average molecular weight is 291 g/mol. The van der Waals surface area contributed by atoms with Crippen LogP contribution in [-0.4, -0.2) is 29.5 Å². The molecule has 0 radical (unpaired) electrons. The second kappa shape index (κ2) is 6.58. The molecule has 104 valence electrons. The van der Waals surface area contributed by atoms with Gasteiger partial charge in [-0.2, -0.15) is 0 Å². The standard InChI is InChI=1S/C11H21N3O2S2/c1-4-18(15,16)7-5-6-9(12)11-10(8(2)3)13-14-17-11/h8-9H,4-7,12H2,1-3H3. The van der Waals surface area contributed by atoms with Crippen LogP contribution in [0, 0.1) is 0 Å². The molecule has 7 heteroatoms. The molecule has 0 aliphatic rings. The number of sulfone groups is 1. The fourth-order valence-corrected chi connectivity index (χ4v) is 3.40. The lowest BCUT2D eigenvalue weighted by Gasteiger charge is -2.11. The summed E-state index contributed by atoms with van der Waals surface area (Å²) >= 11 is 1.31. The van der Waals surface area contributed by atoms with E-state index in [1.165, 1.54) is 11.5 Å². The highest BCUT2D eigenvalue weighted by atomic mass is 32.2. The van der Waals surface area contributed by atoms with Crippen molar-refractivity contribution < 1.29 is 8.42 Å². The summed E-state index contributed by atoms with van der Waals surface area (Å²) < 4.78 is 26.7. The molecular formula is C11H21N3O2S2. The summed E-state index contributed by atoms with van der Waals surface area (Å²) in [6, 6.07) is -0.158. The molecule has 18 heavy (non-hydrogen) atoms. The Morgan fingerprint density at radius 3 is 2.61 bits per heavy atom. The van der Waals surface area contributed by atoms with Crippen molar-refractivity contribution in [3.63, 3.8) is 0 Å². The molecule has 0 saturated carbocycles. The molecule has 0 saturated heterocycles. The van der Waals surface area contributed by atoms with Gasteiger partial charge in [-0.3, -0.25) is 0 Å². The number of nitrogens with zero attached hydrogens (tertiary/aromatic N) is 2. The molecule has 0 aliphatic heterocycles. The lowest BCUT2D eigenvalue weighted by molar-refractivity contribution is 0.583. The first-order chi connectivity index (χ1) is 8.37. The van der Waals surface area contributed by atoms with Crippen LogP contribution in [0.1, 0.15) is 56.1 Å². The van der Waals surface area contributed by atoms with Gasteiger partial charge in [0.2, 0.25) is 0 Å². The number of rotatable bonds is 7. The second-order valence-electron chi connectivity index (χ2n) is 4.66. The minimum atomic E-state index is -2.89. The summed E-state index contributed by atoms with van der Waals surface area (Å²) in [7, 11) is -2.89. The molecule has 1 aromatic rings. The van der Waals surface area contributed by atoms with Gasteiger partial charge in [-0.1, -0.05) is 25.3 Å². The van der Waals surface area contributed by atoms with Crippen LogP contribution in [0.3, 0.4) is 0 Å². The molecule has 2 N–H and O–H groups in total. The highest BCUT2D eigenvalue weighted by Crippen LogP contribution is 2.27. The first-order valence-electron chi connectivity index (χ1n) is 6.15. The zero-order valence-corrected chi connectivity index (χ0v) is 12.7. The highest BCUT2D eigenvalue weighted by molar-refractivity contribution is 7.91. The molecule has 1 unspecified atom stereocenters. The maximum absolute atomic E-state index is 11.4. The quantitative estimate of drug-likeness (QED) is 0.829. The van der Waals surface area contributed by atoms with E-state index in [0.717, 1.165) is 10.6 Å². The van der Waals surface area contributed by atoms with Gasteiger partial charge in [-0.25, -0.2) is 8.42 Å². The minimum Gasteiger partial charge on any atom is -0.323 e. The Morgan fingerprint density at radius 2 is 2.06 bits per heavy atom. The van der Waals surface area contributed by atoms with Crippen molar-refractivity contribution in [2.24, 2.45) is 5.73 Å². The Hall–Kier alpha value is -0.530. The molecule has 1 rings (SSSR count). The van der Waals surface area contributed by atoms with Gasteiger partial charge in [0, 0.05) is 11.8 Å². The predicted molar refractivity (Wildman–Crippen MR) is 74.5 cm³/mol. The van der Waals surface area contributed by atoms with Crippen molar-refractivity contribution in [3.8, 4) is 0 Å². The molecule has 0 aliphatic carbocycles. The molecule has 5 nitrogen and oxygen atoms in total. The smallest absolute Gasteiger partial charge is 0.150 e. The zero-order chi connectivity index (χ0) is 13.8. The van der Waals surface area contributed by atoms with Gasteiger partial charge in [-0.05, 0) is 30.3 Å². The molecule has 1 aromatic heterocycles. The summed E-state index contributed by atoms with van der Waals surface area (Å²) in [6.45, 7) is 5.77. The van der Waals surface area contributed by atoms with Crippen LogP contribution in [0.2, 0.25) is 0 Å². The van der Waals surface area contributed by atoms with Crippen molar-refractivity contribution in [1.29, 1.82) is 0 Å². The lowest BCUT2D eigenvalue weighted by atomic mass is 10.0. The van der Waals surface area contributed by atoms with Crippen LogP contribution < -0.4 is 5.73 Å². The van der Waals surface area contributed by atoms with E-state index >= 15 is 0 Å². The number of hydrogen-bond acceptors (Lipinski definition) is 6. The van der Waals surface area contributed by atoms with Crippen molar-refractivity contribution in [2.75, 3.05) is 11.5 Å². The Labute approximate surface area is 113 Å². The Kier molecular flexibility index (Phi) is 5.68. The van der Waals surface area contributed by atoms with Gasteiger partial charge in [0.15, 0.2) is 0 Å². The monoisotopic (exact) mass is 291 g/mol. The number of aromatic nitrogens is 2. The van der Waals surface area contributed by atoms with Crippen LogP contribution in [-0.2, 0) is 9.84 Å². The van der Waals surface area contributed by atoms with Crippen LogP contribution in [0.4, 0.5) is 0 Å². The summed E-state index contributed by atoms with van der Waals surface area (Å²) in [5, 5.41) is 4.08. The van der Waals surface area contributed by atoms with Crippen LogP contribution >= 0.6 is 11.5 Å². The maximum Gasteiger partial charge on any atom is 0.150 e. The topological polar surface area (TPSA) is 85.9 Å². The minimum absolute atomic E-state index is 0.158. The average Bonchev–Trinajstić information content (AvgIpc) is 2.77. The maximum atomic E-state index is 11.4. The summed E-state index contributed by atoms with van der Waals surface area (Å²) in [6.07, 6.45) is 1.25. The van der Waals surface area contributed by atoms with Crippen LogP contribution in [0.15, 0.2) is 0 Å². The predicted octanol–water partition coefficient (Wildman–Crippen LogP) is 1.88. The Balaban J connectivity index is 2.56. The zero-order valence-electron chi connectivity index (χ0n) is 11.1. The van der Waals surface area contributed by atoms with E-state index in [1.54, 1.807) is 6.92 Å². The lowest BCUT2D eigenvalue weighted by Crippen LogP contribution is -2.15. The molecule has 0 spiro atoms. The van der Waals surface area contributed by atoms with E-state index in [0.29, 0.717) is 18.8 Å². The third-order valence-electron chi connectivity index (χ3n) is 2.83. The molecule has 1 atom stereocenters. The summed E-state index contributed by atoms with van der Waals surface area (Å²) in [5.74, 6) is 0.700. The first kappa shape index (κ1) is 15.5. The Morgan fingerprint density at radius 1 is 1.39 bits per heavy atom. The van der Waals surface area contributed by atoms with Crippen molar-refractivity contribution >= 4 is 21.4 Å². The summed E-state index contributed by atoms with van der Waals surface area (Å²) in [5.41, 5.74) is 7.02. The second-order valence-corrected chi connectivity index (χ2v) is 7.92. The molecular weight excluding hydrogens is 270 g/mol. The van der Waals surface area contributed by atoms with E-state index in [1.807, 2.05) is 0 Å². The van der Waals surface area contributed by atoms with Crippen LogP contribution in [0.5, 0.6) is 0 Å². The molecule has 0 amide bonds. The molecule has 0 fully saturated rings. The van der Waals surface area contributed by atoms with Crippen LogP contribution in [0.25, 0.3) is 0 Å².